The van der Waals surface area contributed by atoms with Crippen LogP contribution in [0.1, 0.15) is 25.3 Å². The highest BCUT2D eigenvalue weighted by atomic mass is 32.2. The van der Waals surface area contributed by atoms with E-state index in [0.29, 0.717) is 19.5 Å². The van der Waals surface area contributed by atoms with Crippen molar-refractivity contribution in [3.05, 3.63) is 29.8 Å². The van der Waals surface area contributed by atoms with Crippen LogP contribution in [0, 0.1) is 6.92 Å². The van der Waals surface area contributed by atoms with Crippen molar-refractivity contribution in [3.8, 4) is 0 Å². The summed E-state index contributed by atoms with van der Waals surface area (Å²) in [5, 5.41) is 4.93. The Kier molecular flexibility index (Phi) is 5.95. The van der Waals surface area contributed by atoms with Gasteiger partial charge in [0.05, 0.1) is 4.90 Å². The van der Waals surface area contributed by atoms with Gasteiger partial charge in [0.25, 0.3) is 0 Å². The Balaban J connectivity index is 2.06. The molecule has 7 nitrogen and oxygen atoms in total. The Bertz CT molecular complexity index is 701. The second kappa shape index (κ2) is 7.76. The first kappa shape index (κ1) is 18.4. The number of aryl methyl sites for hydroxylation is 1. The van der Waals surface area contributed by atoms with Gasteiger partial charge in [0.2, 0.25) is 10.0 Å². The fraction of sp³-hybridized carbons (Fsp3) is 0.500. The number of nitrogens with zero attached hydrogens (tertiary/aromatic N) is 1. The summed E-state index contributed by atoms with van der Waals surface area (Å²) in [7, 11) is -3.60. The number of nitrogens with one attached hydrogen (secondary N) is 2. The van der Waals surface area contributed by atoms with Crippen LogP contribution in [-0.4, -0.2) is 50.2 Å². The summed E-state index contributed by atoms with van der Waals surface area (Å²) < 4.78 is 27.0. The molecule has 1 aliphatic rings. The van der Waals surface area contributed by atoms with Gasteiger partial charge in [-0.3, -0.25) is 9.59 Å². The number of sulfonamides is 1. The lowest BCUT2D eigenvalue weighted by Gasteiger charge is -2.24. The Morgan fingerprint density at radius 3 is 2.42 bits per heavy atom. The zero-order chi connectivity index (χ0) is 17.7. The van der Waals surface area contributed by atoms with Crippen molar-refractivity contribution in [2.24, 2.45) is 0 Å². The summed E-state index contributed by atoms with van der Waals surface area (Å²) in [6, 6.07) is 6.36. The standard InChI is InChI=1S/C16H23N3O4S/c1-3-17-15(20)16(21)18-11-13-5-4-10-19(13)24(22,23)14-8-6-12(2)7-9-14/h6-9,13H,3-5,10-11H2,1-2H3,(H,17,20)(H,18,21). The van der Waals surface area contributed by atoms with Crippen LogP contribution in [0.25, 0.3) is 0 Å². The zero-order valence-corrected chi connectivity index (χ0v) is 14.7. The summed E-state index contributed by atoms with van der Waals surface area (Å²) >= 11 is 0. The number of hydrogen-bond acceptors (Lipinski definition) is 4. The third kappa shape index (κ3) is 4.12. The molecule has 2 N–H and O–H groups in total. The summed E-state index contributed by atoms with van der Waals surface area (Å²) in [4.78, 5) is 23.3. The lowest BCUT2D eigenvalue weighted by Crippen LogP contribution is -2.46. The summed E-state index contributed by atoms with van der Waals surface area (Å²) in [5.41, 5.74) is 0.987. The molecule has 0 spiro atoms. The first-order valence-corrected chi connectivity index (χ1v) is 9.44. The third-order valence-electron chi connectivity index (χ3n) is 3.99. The predicted octanol–water partition coefficient (Wildman–Crippen LogP) is 0.400. The SMILES string of the molecule is CCNC(=O)C(=O)NCC1CCCN1S(=O)(=O)c1ccc(C)cc1. The normalized spacial score (nSPS) is 18.3. The van der Waals surface area contributed by atoms with Gasteiger partial charge in [0, 0.05) is 25.7 Å². The number of amides is 2. The molecule has 0 aliphatic carbocycles. The maximum atomic E-state index is 12.8. The van der Waals surface area contributed by atoms with Crippen molar-refractivity contribution in [1.29, 1.82) is 0 Å². The van der Waals surface area contributed by atoms with E-state index in [9.17, 15) is 18.0 Å². The van der Waals surface area contributed by atoms with E-state index in [1.54, 1.807) is 31.2 Å². The number of benzene rings is 1. The Morgan fingerprint density at radius 2 is 1.79 bits per heavy atom. The number of carbonyl (C=O) groups is 2. The lowest BCUT2D eigenvalue weighted by atomic mass is 10.2. The molecule has 0 saturated carbocycles. The van der Waals surface area contributed by atoms with Crippen LogP contribution in [0.15, 0.2) is 29.2 Å². The monoisotopic (exact) mass is 353 g/mol. The number of hydrogen-bond donors (Lipinski definition) is 2. The lowest BCUT2D eigenvalue weighted by molar-refractivity contribution is -0.139. The first-order valence-electron chi connectivity index (χ1n) is 8.00. The highest BCUT2D eigenvalue weighted by Crippen LogP contribution is 2.25. The van der Waals surface area contributed by atoms with Crippen molar-refractivity contribution >= 4 is 21.8 Å². The van der Waals surface area contributed by atoms with Crippen LogP contribution in [0.5, 0.6) is 0 Å². The molecule has 1 unspecified atom stereocenters. The van der Waals surface area contributed by atoms with Crippen LogP contribution in [-0.2, 0) is 19.6 Å². The molecule has 8 heteroatoms. The molecule has 2 rings (SSSR count). The molecule has 1 aromatic rings. The van der Waals surface area contributed by atoms with E-state index in [4.69, 9.17) is 0 Å². The van der Waals surface area contributed by atoms with Gasteiger partial charge >= 0.3 is 11.8 Å². The number of carbonyl (C=O) groups excluding carboxylic acids is 2. The van der Waals surface area contributed by atoms with Gasteiger partial charge < -0.3 is 10.6 Å². The molecule has 1 heterocycles. The van der Waals surface area contributed by atoms with Gasteiger partial charge in [-0.2, -0.15) is 4.31 Å². The van der Waals surface area contributed by atoms with E-state index in [2.05, 4.69) is 10.6 Å². The largest absolute Gasteiger partial charge is 0.348 e. The quantitative estimate of drug-likeness (QED) is 0.749. The van der Waals surface area contributed by atoms with Crippen molar-refractivity contribution < 1.29 is 18.0 Å². The molecular formula is C16H23N3O4S. The van der Waals surface area contributed by atoms with Crippen LogP contribution >= 0.6 is 0 Å². The van der Waals surface area contributed by atoms with Gasteiger partial charge in [0.15, 0.2) is 0 Å². The van der Waals surface area contributed by atoms with E-state index >= 15 is 0 Å². The average Bonchev–Trinajstić information content (AvgIpc) is 3.02. The Labute approximate surface area is 142 Å². The van der Waals surface area contributed by atoms with E-state index in [-0.39, 0.29) is 17.5 Å². The van der Waals surface area contributed by atoms with Gasteiger partial charge in [-0.1, -0.05) is 17.7 Å². The van der Waals surface area contributed by atoms with Crippen molar-refractivity contribution in [1.82, 2.24) is 14.9 Å². The topological polar surface area (TPSA) is 95.6 Å². The maximum absolute atomic E-state index is 12.8. The van der Waals surface area contributed by atoms with Crippen LogP contribution < -0.4 is 10.6 Å². The Morgan fingerprint density at radius 1 is 1.17 bits per heavy atom. The van der Waals surface area contributed by atoms with E-state index in [1.807, 2.05) is 6.92 Å². The van der Waals surface area contributed by atoms with Crippen LogP contribution in [0.3, 0.4) is 0 Å². The molecule has 1 atom stereocenters. The van der Waals surface area contributed by atoms with E-state index < -0.39 is 21.8 Å². The molecule has 0 aromatic heterocycles. The van der Waals surface area contributed by atoms with Gasteiger partial charge in [-0.25, -0.2) is 8.42 Å². The molecule has 0 radical (unpaired) electrons. The molecule has 0 bridgehead atoms. The highest BCUT2D eigenvalue weighted by molar-refractivity contribution is 7.89. The Hall–Kier alpha value is -1.93. The molecule has 1 saturated heterocycles. The smallest absolute Gasteiger partial charge is 0.309 e. The fourth-order valence-corrected chi connectivity index (χ4v) is 4.40. The first-order chi connectivity index (χ1) is 11.4. The predicted molar refractivity (Wildman–Crippen MR) is 89.8 cm³/mol. The van der Waals surface area contributed by atoms with Gasteiger partial charge in [-0.15, -0.1) is 0 Å². The second-order valence-corrected chi connectivity index (χ2v) is 7.68. The summed E-state index contributed by atoms with van der Waals surface area (Å²) in [6.45, 7) is 4.52. The minimum Gasteiger partial charge on any atom is -0.348 e. The minimum atomic E-state index is -3.60. The average molecular weight is 353 g/mol. The van der Waals surface area contributed by atoms with Gasteiger partial charge in [-0.05, 0) is 38.8 Å². The zero-order valence-electron chi connectivity index (χ0n) is 13.9. The molecule has 1 aromatic carbocycles. The van der Waals surface area contributed by atoms with Crippen molar-refractivity contribution in [2.45, 2.75) is 37.6 Å². The molecule has 2 amide bonds. The van der Waals surface area contributed by atoms with Crippen molar-refractivity contribution in [3.63, 3.8) is 0 Å². The number of rotatable bonds is 5. The maximum Gasteiger partial charge on any atom is 0.309 e. The van der Waals surface area contributed by atoms with Crippen molar-refractivity contribution in [2.75, 3.05) is 19.6 Å². The van der Waals surface area contributed by atoms with Gasteiger partial charge in [0.1, 0.15) is 0 Å². The van der Waals surface area contributed by atoms with E-state index in [0.717, 1.165) is 12.0 Å². The van der Waals surface area contributed by atoms with Crippen LogP contribution in [0.4, 0.5) is 0 Å². The minimum absolute atomic E-state index is 0.126. The molecule has 24 heavy (non-hydrogen) atoms. The van der Waals surface area contributed by atoms with Crippen LogP contribution in [0.2, 0.25) is 0 Å². The molecule has 1 fully saturated rings. The summed E-state index contributed by atoms with van der Waals surface area (Å²) in [6.07, 6.45) is 1.38. The van der Waals surface area contributed by atoms with E-state index in [1.165, 1.54) is 4.31 Å². The molecular weight excluding hydrogens is 330 g/mol. The fourth-order valence-electron chi connectivity index (χ4n) is 2.71. The summed E-state index contributed by atoms with van der Waals surface area (Å²) in [5.74, 6) is -1.44. The highest BCUT2D eigenvalue weighted by Gasteiger charge is 2.35. The second-order valence-electron chi connectivity index (χ2n) is 5.79. The molecule has 1 aliphatic heterocycles. The number of likely N-dealkylation sites (N-methyl/N-ethyl adjacent to an activating group) is 1. The molecule has 132 valence electrons. The third-order valence-corrected chi connectivity index (χ3v) is 5.96.